The van der Waals surface area contributed by atoms with Crippen LogP contribution in [0.25, 0.3) is 0 Å². The Kier molecular flexibility index (Phi) is 5.29. The van der Waals surface area contributed by atoms with Gasteiger partial charge in [-0.05, 0) is 59.3 Å². The van der Waals surface area contributed by atoms with Crippen molar-refractivity contribution < 1.29 is 0 Å². The second-order valence-corrected chi connectivity index (χ2v) is 6.30. The van der Waals surface area contributed by atoms with E-state index in [4.69, 9.17) is 0 Å². The maximum Gasteiger partial charge on any atom is 0.0358 e. The number of thioether (sulfide) groups is 1. The van der Waals surface area contributed by atoms with Gasteiger partial charge in [-0.2, -0.15) is 11.3 Å². The number of likely N-dealkylation sites (N-methyl/N-ethyl adjacent to an activating group) is 1. The van der Waals surface area contributed by atoms with Crippen molar-refractivity contribution in [2.45, 2.75) is 24.3 Å². The summed E-state index contributed by atoms with van der Waals surface area (Å²) in [5.41, 5.74) is 2.77. The van der Waals surface area contributed by atoms with Crippen molar-refractivity contribution in [3.63, 3.8) is 0 Å². The van der Waals surface area contributed by atoms with Gasteiger partial charge in [0.1, 0.15) is 0 Å². The predicted molar refractivity (Wildman–Crippen MR) is 82.7 cm³/mol. The second-order valence-electron chi connectivity index (χ2n) is 4.18. The van der Waals surface area contributed by atoms with E-state index in [0.717, 1.165) is 12.2 Å². The minimum absolute atomic E-state index is 0.403. The van der Waals surface area contributed by atoms with Gasteiger partial charge in [0.25, 0.3) is 0 Å². The largest absolute Gasteiger partial charge is 0.313 e. The molecule has 0 spiro atoms. The lowest BCUT2D eigenvalue weighted by Gasteiger charge is -2.16. The van der Waals surface area contributed by atoms with Crippen molar-refractivity contribution in [3.05, 3.63) is 52.2 Å². The molecule has 0 amide bonds. The summed E-state index contributed by atoms with van der Waals surface area (Å²) in [5, 5.41) is 7.78. The Morgan fingerprint density at radius 1 is 1.22 bits per heavy atom. The van der Waals surface area contributed by atoms with Crippen LogP contribution >= 0.6 is 23.1 Å². The highest BCUT2D eigenvalue weighted by Gasteiger charge is 2.10. The number of nitrogens with one attached hydrogen (secondary N) is 1. The van der Waals surface area contributed by atoms with Gasteiger partial charge in [-0.15, -0.1) is 11.8 Å². The third kappa shape index (κ3) is 3.61. The van der Waals surface area contributed by atoms with E-state index in [0.29, 0.717) is 6.04 Å². The summed E-state index contributed by atoms with van der Waals surface area (Å²) in [6.45, 7) is 2.19. The van der Waals surface area contributed by atoms with Crippen LogP contribution in [0.2, 0.25) is 0 Å². The Labute approximate surface area is 118 Å². The Balaban J connectivity index is 2.07. The van der Waals surface area contributed by atoms with Crippen molar-refractivity contribution in [2.75, 3.05) is 12.8 Å². The van der Waals surface area contributed by atoms with Gasteiger partial charge in [0.2, 0.25) is 0 Å². The lowest BCUT2D eigenvalue weighted by molar-refractivity contribution is 0.592. The first-order valence-corrected chi connectivity index (χ1v) is 8.17. The molecule has 0 radical (unpaired) electrons. The molecule has 1 aromatic heterocycles. The molecular weight excluding hydrogens is 258 g/mol. The molecule has 0 aliphatic heterocycles. The van der Waals surface area contributed by atoms with Crippen LogP contribution in [0.5, 0.6) is 0 Å². The Bertz CT molecular complexity index is 448. The SMILES string of the molecule is CCSc1ccc(C(Cc2ccsc2)NC)cc1. The van der Waals surface area contributed by atoms with Crippen LogP contribution in [0.15, 0.2) is 46.0 Å². The molecule has 1 nitrogen and oxygen atoms in total. The highest BCUT2D eigenvalue weighted by Crippen LogP contribution is 2.23. The van der Waals surface area contributed by atoms with Gasteiger partial charge < -0.3 is 5.32 Å². The molecule has 0 aliphatic rings. The Hall–Kier alpha value is -0.770. The average Bonchev–Trinajstić information content (AvgIpc) is 2.90. The third-order valence-corrected chi connectivity index (χ3v) is 4.59. The summed E-state index contributed by atoms with van der Waals surface area (Å²) in [5.74, 6) is 1.13. The fourth-order valence-electron chi connectivity index (χ4n) is 1.99. The Morgan fingerprint density at radius 3 is 2.56 bits per heavy atom. The van der Waals surface area contributed by atoms with Crippen molar-refractivity contribution in [3.8, 4) is 0 Å². The van der Waals surface area contributed by atoms with E-state index in [9.17, 15) is 0 Å². The summed E-state index contributed by atoms with van der Waals surface area (Å²) in [4.78, 5) is 1.35. The van der Waals surface area contributed by atoms with Crippen LogP contribution in [0, 0.1) is 0 Å². The highest BCUT2D eigenvalue weighted by molar-refractivity contribution is 7.99. The highest BCUT2D eigenvalue weighted by atomic mass is 32.2. The lowest BCUT2D eigenvalue weighted by Crippen LogP contribution is -2.18. The number of hydrogen-bond donors (Lipinski definition) is 1. The van der Waals surface area contributed by atoms with Crippen LogP contribution < -0.4 is 5.32 Å². The monoisotopic (exact) mass is 277 g/mol. The minimum atomic E-state index is 0.403. The molecule has 0 bridgehead atoms. The van der Waals surface area contributed by atoms with Gasteiger partial charge >= 0.3 is 0 Å². The molecule has 3 heteroatoms. The topological polar surface area (TPSA) is 12.0 Å². The van der Waals surface area contributed by atoms with E-state index < -0.39 is 0 Å². The normalized spacial score (nSPS) is 12.6. The molecule has 1 heterocycles. The average molecular weight is 277 g/mol. The standard InChI is InChI=1S/C15H19NS2/c1-3-18-14-6-4-13(5-7-14)15(16-2)10-12-8-9-17-11-12/h4-9,11,15-16H,3,10H2,1-2H3. The maximum atomic E-state index is 3.41. The summed E-state index contributed by atoms with van der Waals surface area (Å²) in [7, 11) is 2.03. The number of hydrogen-bond acceptors (Lipinski definition) is 3. The van der Waals surface area contributed by atoms with Gasteiger partial charge in [0.15, 0.2) is 0 Å². The molecule has 0 saturated heterocycles. The maximum absolute atomic E-state index is 3.41. The zero-order valence-electron chi connectivity index (χ0n) is 10.8. The molecule has 96 valence electrons. The van der Waals surface area contributed by atoms with Gasteiger partial charge in [-0.3, -0.25) is 0 Å². The van der Waals surface area contributed by atoms with Crippen molar-refractivity contribution in [1.82, 2.24) is 5.32 Å². The van der Waals surface area contributed by atoms with Gasteiger partial charge in [0.05, 0.1) is 0 Å². The van der Waals surface area contributed by atoms with Gasteiger partial charge in [-0.25, -0.2) is 0 Å². The quantitative estimate of drug-likeness (QED) is 0.787. The summed E-state index contributed by atoms with van der Waals surface area (Å²) >= 11 is 3.66. The zero-order valence-corrected chi connectivity index (χ0v) is 12.5. The fraction of sp³-hybridized carbons (Fsp3) is 0.333. The summed E-state index contributed by atoms with van der Waals surface area (Å²) in [6, 6.07) is 11.5. The summed E-state index contributed by atoms with van der Waals surface area (Å²) < 4.78 is 0. The molecule has 18 heavy (non-hydrogen) atoms. The van der Waals surface area contributed by atoms with Crippen molar-refractivity contribution in [2.24, 2.45) is 0 Å². The van der Waals surface area contributed by atoms with Crippen LogP contribution in [-0.2, 0) is 6.42 Å². The van der Waals surface area contributed by atoms with Gasteiger partial charge in [-0.1, -0.05) is 19.1 Å². The predicted octanol–water partition coefficient (Wildman–Crippen LogP) is 4.36. The summed E-state index contributed by atoms with van der Waals surface area (Å²) in [6.07, 6.45) is 1.06. The van der Waals surface area contributed by atoms with E-state index in [1.165, 1.54) is 16.0 Å². The van der Waals surface area contributed by atoms with Crippen molar-refractivity contribution in [1.29, 1.82) is 0 Å². The van der Waals surface area contributed by atoms with Crippen LogP contribution in [0.3, 0.4) is 0 Å². The molecule has 0 saturated carbocycles. The van der Waals surface area contributed by atoms with E-state index in [2.05, 4.69) is 53.3 Å². The van der Waals surface area contributed by atoms with E-state index in [-0.39, 0.29) is 0 Å². The molecule has 0 aliphatic carbocycles. The van der Waals surface area contributed by atoms with Gasteiger partial charge in [0, 0.05) is 10.9 Å². The molecule has 1 N–H and O–H groups in total. The lowest BCUT2D eigenvalue weighted by atomic mass is 10.0. The molecule has 0 fully saturated rings. The van der Waals surface area contributed by atoms with E-state index >= 15 is 0 Å². The smallest absolute Gasteiger partial charge is 0.0358 e. The number of benzene rings is 1. The first-order valence-electron chi connectivity index (χ1n) is 6.24. The third-order valence-electron chi connectivity index (χ3n) is 2.96. The first kappa shape index (κ1) is 13.7. The molecule has 2 rings (SSSR count). The van der Waals surface area contributed by atoms with Crippen molar-refractivity contribution >= 4 is 23.1 Å². The minimum Gasteiger partial charge on any atom is -0.313 e. The molecule has 1 unspecified atom stereocenters. The zero-order chi connectivity index (χ0) is 12.8. The van der Waals surface area contributed by atoms with Crippen LogP contribution in [-0.4, -0.2) is 12.8 Å². The van der Waals surface area contributed by atoms with E-state index in [1.807, 2.05) is 18.8 Å². The molecular formula is C15H19NS2. The van der Waals surface area contributed by atoms with Crippen LogP contribution in [0.4, 0.5) is 0 Å². The fourth-order valence-corrected chi connectivity index (χ4v) is 3.34. The van der Waals surface area contributed by atoms with E-state index in [1.54, 1.807) is 11.3 Å². The molecule has 1 atom stereocenters. The molecule has 2 aromatic rings. The second kappa shape index (κ2) is 6.98. The first-order chi connectivity index (χ1) is 8.83. The van der Waals surface area contributed by atoms with Crippen LogP contribution in [0.1, 0.15) is 24.1 Å². The number of rotatable bonds is 6. The number of thiophene rings is 1. The molecule has 1 aromatic carbocycles. The Morgan fingerprint density at radius 2 is 2.00 bits per heavy atom.